The molecule has 0 bridgehead atoms. The van der Waals surface area contributed by atoms with Gasteiger partial charge in [0.15, 0.2) is 0 Å². The van der Waals surface area contributed by atoms with Crippen LogP contribution in [-0.2, 0) is 6.61 Å². The van der Waals surface area contributed by atoms with Gasteiger partial charge in [-0.05, 0) is 56.3 Å². The van der Waals surface area contributed by atoms with Gasteiger partial charge in [-0.2, -0.15) is 0 Å². The van der Waals surface area contributed by atoms with E-state index in [1.54, 1.807) is 6.07 Å². The number of fused-ring (bicyclic) bond motifs is 2. The second-order valence-electron chi connectivity index (χ2n) is 9.87. The summed E-state index contributed by atoms with van der Waals surface area (Å²) in [7, 11) is 2.15. The molecule has 1 saturated heterocycles. The Morgan fingerprint density at radius 3 is 2.81 bits per heavy atom. The number of benzene rings is 2. The van der Waals surface area contributed by atoms with E-state index in [1.165, 1.54) is 0 Å². The molecule has 1 atom stereocenters. The van der Waals surface area contributed by atoms with E-state index in [4.69, 9.17) is 9.47 Å². The zero-order valence-corrected chi connectivity index (χ0v) is 20.4. The molecule has 7 heteroatoms. The first-order valence-corrected chi connectivity index (χ1v) is 12.5. The SMILES string of the molecule is CN1CCC2(CC1)CC(NC(=O)c1cccc(OCc3cn4ccccc4n3)c1)c1ccccc1O2. The predicted octanol–water partition coefficient (Wildman–Crippen LogP) is 4.63. The maximum atomic E-state index is 13.4. The van der Waals surface area contributed by atoms with Gasteiger partial charge in [-0.1, -0.05) is 30.3 Å². The van der Waals surface area contributed by atoms with E-state index in [-0.39, 0.29) is 17.6 Å². The highest BCUT2D eigenvalue weighted by atomic mass is 16.5. The summed E-state index contributed by atoms with van der Waals surface area (Å²) in [5.41, 5.74) is 3.08. The van der Waals surface area contributed by atoms with Crippen molar-refractivity contribution in [1.29, 1.82) is 0 Å². The Morgan fingerprint density at radius 2 is 1.94 bits per heavy atom. The fourth-order valence-electron chi connectivity index (χ4n) is 5.26. The van der Waals surface area contributed by atoms with Crippen LogP contribution in [0, 0.1) is 0 Å². The molecule has 184 valence electrons. The number of para-hydroxylation sites is 1. The van der Waals surface area contributed by atoms with Gasteiger partial charge in [0.05, 0.1) is 11.7 Å². The third-order valence-corrected chi connectivity index (χ3v) is 7.30. The molecule has 0 aliphatic carbocycles. The Morgan fingerprint density at radius 1 is 1.11 bits per heavy atom. The van der Waals surface area contributed by atoms with E-state index in [2.05, 4.69) is 28.3 Å². The lowest BCUT2D eigenvalue weighted by molar-refractivity contribution is -0.0195. The molecule has 4 aromatic rings. The molecule has 2 aromatic heterocycles. The van der Waals surface area contributed by atoms with E-state index in [0.29, 0.717) is 17.9 Å². The summed E-state index contributed by atoms with van der Waals surface area (Å²) in [5, 5.41) is 3.29. The van der Waals surface area contributed by atoms with Crippen molar-refractivity contribution in [2.24, 2.45) is 0 Å². The van der Waals surface area contributed by atoms with Crippen molar-refractivity contribution in [1.82, 2.24) is 19.6 Å². The van der Waals surface area contributed by atoms with Gasteiger partial charge in [-0.15, -0.1) is 0 Å². The summed E-state index contributed by atoms with van der Waals surface area (Å²) < 4.78 is 14.5. The van der Waals surface area contributed by atoms with Crippen LogP contribution in [0.25, 0.3) is 5.65 Å². The molecule has 2 aliphatic rings. The molecule has 1 unspecified atom stereocenters. The molecular weight excluding hydrogens is 452 g/mol. The van der Waals surface area contributed by atoms with Crippen LogP contribution >= 0.6 is 0 Å². The molecule has 6 rings (SSSR count). The number of nitrogens with one attached hydrogen (secondary N) is 1. The van der Waals surface area contributed by atoms with Crippen molar-refractivity contribution in [3.8, 4) is 11.5 Å². The number of aromatic nitrogens is 2. The van der Waals surface area contributed by atoms with Crippen molar-refractivity contribution >= 4 is 11.6 Å². The minimum atomic E-state index is -0.238. The first-order chi connectivity index (χ1) is 17.6. The lowest BCUT2D eigenvalue weighted by Gasteiger charge is -2.46. The summed E-state index contributed by atoms with van der Waals surface area (Å²) in [6.45, 7) is 2.32. The highest BCUT2D eigenvalue weighted by molar-refractivity contribution is 5.94. The number of carbonyl (C=O) groups is 1. The summed E-state index contributed by atoms with van der Waals surface area (Å²) in [6, 6.07) is 21.2. The van der Waals surface area contributed by atoms with Crippen LogP contribution in [0.2, 0.25) is 0 Å². The molecule has 0 saturated carbocycles. The second kappa shape index (κ2) is 9.32. The number of imidazole rings is 1. The Bertz CT molecular complexity index is 1360. The minimum absolute atomic E-state index is 0.103. The predicted molar refractivity (Wildman–Crippen MR) is 137 cm³/mol. The van der Waals surface area contributed by atoms with Crippen LogP contribution in [0.4, 0.5) is 0 Å². The van der Waals surface area contributed by atoms with Crippen molar-refractivity contribution in [3.63, 3.8) is 0 Å². The third-order valence-electron chi connectivity index (χ3n) is 7.30. The zero-order valence-electron chi connectivity index (χ0n) is 20.4. The molecule has 1 N–H and O–H groups in total. The van der Waals surface area contributed by atoms with Crippen LogP contribution < -0.4 is 14.8 Å². The Labute approximate surface area is 210 Å². The maximum Gasteiger partial charge on any atom is 0.251 e. The highest BCUT2D eigenvalue weighted by Gasteiger charge is 2.43. The van der Waals surface area contributed by atoms with Crippen LogP contribution in [-0.4, -0.2) is 45.9 Å². The Balaban J connectivity index is 1.17. The van der Waals surface area contributed by atoms with Crippen LogP contribution in [0.1, 0.15) is 46.9 Å². The Hall–Kier alpha value is -3.84. The van der Waals surface area contributed by atoms with Gasteiger partial charge < -0.3 is 24.1 Å². The largest absolute Gasteiger partial charge is 0.487 e. The zero-order chi connectivity index (χ0) is 24.5. The number of likely N-dealkylation sites (tertiary alicyclic amines) is 1. The standard InChI is InChI=1S/C29H30N4O3/c1-32-15-12-29(13-16-32)18-25(24-9-2-3-10-26(24)36-29)31-28(34)21-7-6-8-23(17-21)35-20-22-19-33-14-5-4-11-27(33)30-22/h2-11,14,17,19,25H,12-13,15-16,18,20H2,1H3,(H,31,34). The molecule has 0 radical (unpaired) electrons. The van der Waals surface area contributed by atoms with Gasteiger partial charge in [-0.3, -0.25) is 4.79 Å². The smallest absolute Gasteiger partial charge is 0.251 e. The van der Waals surface area contributed by atoms with E-state index >= 15 is 0 Å². The molecule has 36 heavy (non-hydrogen) atoms. The fraction of sp³-hybridized carbons (Fsp3) is 0.310. The van der Waals surface area contributed by atoms with Crippen molar-refractivity contribution in [2.75, 3.05) is 20.1 Å². The van der Waals surface area contributed by atoms with Crippen molar-refractivity contribution in [3.05, 3.63) is 95.9 Å². The number of nitrogens with zero attached hydrogens (tertiary/aromatic N) is 3. The summed E-state index contributed by atoms with van der Waals surface area (Å²) in [4.78, 5) is 20.3. The molecular formula is C29H30N4O3. The van der Waals surface area contributed by atoms with Gasteiger partial charge in [-0.25, -0.2) is 4.98 Å². The monoisotopic (exact) mass is 482 g/mol. The van der Waals surface area contributed by atoms with E-state index in [0.717, 1.165) is 55.0 Å². The Kier molecular flexibility index (Phi) is 5.85. The molecule has 4 heterocycles. The molecule has 1 spiro atoms. The molecule has 2 aliphatic heterocycles. The van der Waals surface area contributed by atoms with Crippen molar-refractivity contribution < 1.29 is 14.3 Å². The van der Waals surface area contributed by atoms with Gasteiger partial charge in [0.25, 0.3) is 5.91 Å². The second-order valence-corrected chi connectivity index (χ2v) is 9.87. The number of hydrogen-bond acceptors (Lipinski definition) is 5. The molecule has 7 nitrogen and oxygen atoms in total. The summed E-state index contributed by atoms with van der Waals surface area (Å²) in [6.07, 6.45) is 6.59. The molecule has 1 amide bonds. The maximum absolute atomic E-state index is 13.4. The van der Waals surface area contributed by atoms with Crippen LogP contribution in [0.5, 0.6) is 11.5 Å². The summed E-state index contributed by atoms with van der Waals surface area (Å²) in [5.74, 6) is 1.40. The third kappa shape index (κ3) is 4.54. The van der Waals surface area contributed by atoms with Gasteiger partial charge in [0, 0.05) is 43.0 Å². The minimum Gasteiger partial charge on any atom is -0.487 e. The number of ether oxygens (including phenoxy) is 2. The first-order valence-electron chi connectivity index (χ1n) is 12.5. The van der Waals surface area contributed by atoms with Gasteiger partial charge >= 0.3 is 0 Å². The number of amides is 1. The van der Waals surface area contributed by atoms with E-state index in [1.807, 2.05) is 71.4 Å². The van der Waals surface area contributed by atoms with E-state index in [9.17, 15) is 4.79 Å². The summed E-state index contributed by atoms with van der Waals surface area (Å²) >= 11 is 0. The lowest BCUT2D eigenvalue weighted by Crippen LogP contribution is -2.51. The fourth-order valence-corrected chi connectivity index (χ4v) is 5.26. The molecule has 1 fully saturated rings. The average Bonchev–Trinajstić information content (AvgIpc) is 3.33. The topological polar surface area (TPSA) is 68.1 Å². The quantitative estimate of drug-likeness (QED) is 0.449. The van der Waals surface area contributed by atoms with Gasteiger partial charge in [0.1, 0.15) is 29.4 Å². The number of piperidine rings is 1. The lowest BCUT2D eigenvalue weighted by atomic mass is 9.80. The van der Waals surface area contributed by atoms with E-state index < -0.39 is 0 Å². The average molecular weight is 483 g/mol. The number of pyridine rings is 1. The van der Waals surface area contributed by atoms with Gasteiger partial charge in [0.2, 0.25) is 0 Å². The van der Waals surface area contributed by atoms with Crippen LogP contribution in [0.3, 0.4) is 0 Å². The highest BCUT2D eigenvalue weighted by Crippen LogP contribution is 2.44. The first kappa shape index (κ1) is 22.6. The number of rotatable bonds is 5. The van der Waals surface area contributed by atoms with Crippen molar-refractivity contribution in [2.45, 2.75) is 37.5 Å². The molecule has 2 aromatic carbocycles. The number of hydrogen-bond donors (Lipinski definition) is 1. The normalized spacial score (nSPS) is 19.0. The number of carbonyl (C=O) groups excluding carboxylic acids is 1. The van der Waals surface area contributed by atoms with Crippen LogP contribution in [0.15, 0.2) is 79.1 Å².